The summed E-state index contributed by atoms with van der Waals surface area (Å²) in [6.07, 6.45) is 0. The Labute approximate surface area is 127 Å². The molecule has 20 heavy (non-hydrogen) atoms. The average molecular weight is 336 g/mol. The number of hydrogen-bond donors (Lipinski definition) is 2. The minimum Gasteiger partial charge on any atom is -0.497 e. The second-order valence-electron chi connectivity index (χ2n) is 4.86. The Bertz CT molecular complexity index is 588. The van der Waals surface area contributed by atoms with E-state index in [0.717, 1.165) is 21.5 Å². The second-order valence-corrected chi connectivity index (χ2v) is 5.77. The van der Waals surface area contributed by atoms with E-state index in [9.17, 15) is 5.11 Å². The maximum atomic E-state index is 9.82. The molecule has 2 aromatic rings. The predicted octanol–water partition coefficient (Wildman–Crippen LogP) is 3.78. The molecular weight excluding hydrogens is 318 g/mol. The van der Waals surface area contributed by atoms with E-state index in [4.69, 9.17) is 4.74 Å². The molecule has 0 spiro atoms. The first-order valence-electron chi connectivity index (χ1n) is 6.36. The minimum absolute atomic E-state index is 0.0211. The van der Waals surface area contributed by atoms with E-state index in [2.05, 4.69) is 21.2 Å². The molecule has 0 saturated heterocycles. The van der Waals surface area contributed by atoms with Crippen molar-refractivity contribution in [2.75, 3.05) is 19.0 Å². The summed E-state index contributed by atoms with van der Waals surface area (Å²) >= 11 is 3.45. The number of benzene rings is 2. The maximum Gasteiger partial charge on any atom is 0.119 e. The van der Waals surface area contributed by atoms with Crippen molar-refractivity contribution in [1.82, 2.24) is 0 Å². The molecule has 2 rings (SSSR count). The van der Waals surface area contributed by atoms with E-state index >= 15 is 0 Å². The molecule has 0 amide bonds. The summed E-state index contributed by atoms with van der Waals surface area (Å²) in [6.45, 7) is 1.94. The lowest BCUT2D eigenvalue weighted by Crippen LogP contribution is -2.35. The topological polar surface area (TPSA) is 41.5 Å². The molecule has 3 nitrogen and oxygen atoms in total. The van der Waals surface area contributed by atoms with Crippen molar-refractivity contribution in [3.8, 4) is 5.75 Å². The van der Waals surface area contributed by atoms with Crippen molar-refractivity contribution in [2.24, 2.45) is 0 Å². The molecule has 0 aromatic heterocycles. The summed E-state index contributed by atoms with van der Waals surface area (Å²) in [5.41, 5.74) is 1.34. The number of aliphatic hydroxyl groups is 1. The van der Waals surface area contributed by atoms with E-state index in [0.29, 0.717) is 0 Å². The van der Waals surface area contributed by atoms with Gasteiger partial charge in [0.05, 0.1) is 19.3 Å². The summed E-state index contributed by atoms with van der Waals surface area (Å²) in [6, 6.07) is 15.6. The van der Waals surface area contributed by atoms with Gasteiger partial charge in [0.1, 0.15) is 5.75 Å². The van der Waals surface area contributed by atoms with Crippen molar-refractivity contribution in [1.29, 1.82) is 0 Å². The molecule has 1 atom stereocenters. The monoisotopic (exact) mass is 335 g/mol. The van der Waals surface area contributed by atoms with Crippen LogP contribution >= 0.6 is 15.9 Å². The summed E-state index contributed by atoms with van der Waals surface area (Å²) in [5, 5.41) is 13.2. The summed E-state index contributed by atoms with van der Waals surface area (Å²) in [7, 11) is 1.64. The number of ether oxygens (including phenoxy) is 1. The minimum atomic E-state index is -0.574. The van der Waals surface area contributed by atoms with Crippen molar-refractivity contribution in [3.63, 3.8) is 0 Å². The van der Waals surface area contributed by atoms with Gasteiger partial charge in [0, 0.05) is 10.2 Å². The summed E-state index contributed by atoms with van der Waals surface area (Å²) in [5.74, 6) is 0.776. The first kappa shape index (κ1) is 14.9. The number of halogens is 1. The smallest absolute Gasteiger partial charge is 0.119 e. The van der Waals surface area contributed by atoms with Gasteiger partial charge in [0.25, 0.3) is 0 Å². The Kier molecular flexibility index (Phi) is 4.68. The Balaban J connectivity index is 2.32. The number of aliphatic hydroxyl groups excluding tert-OH is 1. The SMILES string of the molecule is COc1cccc(C(C)(CO)Nc2cccc(Br)c2)c1. The molecular formula is C16H18BrNO2. The van der Waals surface area contributed by atoms with Gasteiger partial charge in [-0.05, 0) is 42.8 Å². The molecule has 0 bridgehead atoms. The predicted molar refractivity (Wildman–Crippen MR) is 85.2 cm³/mol. The molecule has 4 heteroatoms. The molecule has 0 radical (unpaired) electrons. The van der Waals surface area contributed by atoms with Crippen molar-refractivity contribution in [2.45, 2.75) is 12.5 Å². The van der Waals surface area contributed by atoms with Gasteiger partial charge >= 0.3 is 0 Å². The van der Waals surface area contributed by atoms with Crippen LogP contribution in [0, 0.1) is 0 Å². The van der Waals surface area contributed by atoms with Crippen LogP contribution < -0.4 is 10.1 Å². The average Bonchev–Trinajstić information content (AvgIpc) is 2.47. The van der Waals surface area contributed by atoms with Gasteiger partial charge in [-0.25, -0.2) is 0 Å². The molecule has 0 aliphatic heterocycles. The molecule has 0 heterocycles. The fourth-order valence-electron chi connectivity index (χ4n) is 2.05. The van der Waals surface area contributed by atoms with Gasteiger partial charge in [-0.15, -0.1) is 0 Å². The lowest BCUT2D eigenvalue weighted by molar-refractivity contribution is 0.223. The zero-order valence-corrected chi connectivity index (χ0v) is 13.1. The second kappa shape index (κ2) is 6.29. The summed E-state index contributed by atoms with van der Waals surface area (Å²) < 4.78 is 6.24. The fourth-order valence-corrected chi connectivity index (χ4v) is 2.45. The van der Waals surface area contributed by atoms with E-state index < -0.39 is 5.54 Å². The highest BCUT2D eigenvalue weighted by Crippen LogP contribution is 2.29. The lowest BCUT2D eigenvalue weighted by atomic mass is 9.92. The molecule has 1 unspecified atom stereocenters. The van der Waals surface area contributed by atoms with Crippen LogP contribution in [0.2, 0.25) is 0 Å². The number of nitrogens with one attached hydrogen (secondary N) is 1. The maximum absolute atomic E-state index is 9.82. The first-order valence-corrected chi connectivity index (χ1v) is 7.16. The van der Waals surface area contributed by atoms with Gasteiger partial charge in [-0.1, -0.05) is 34.1 Å². The molecule has 106 valence electrons. The molecule has 0 aliphatic carbocycles. The Morgan fingerprint density at radius 2 is 1.95 bits per heavy atom. The Morgan fingerprint density at radius 3 is 2.60 bits per heavy atom. The standard InChI is InChI=1S/C16H18BrNO2/c1-16(11-19,12-5-3-8-15(9-12)20-2)18-14-7-4-6-13(17)10-14/h3-10,18-19H,11H2,1-2H3. The van der Waals surface area contributed by atoms with E-state index in [-0.39, 0.29) is 6.61 Å². The Morgan fingerprint density at radius 1 is 1.20 bits per heavy atom. The molecule has 0 saturated carbocycles. The van der Waals surface area contributed by atoms with Crippen LogP contribution in [0.4, 0.5) is 5.69 Å². The highest BCUT2D eigenvalue weighted by atomic mass is 79.9. The zero-order valence-electron chi connectivity index (χ0n) is 11.6. The lowest BCUT2D eigenvalue weighted by Gasteiger charge is -2.31. The molecule has 0 aliphatic rings. The molecule has 2 aromatic carbocycles. The number of methoxy groups -OCH3 is 1. The van der Waals surface area contributed by atoms with Crippen LogP contribution in [0.3, 0.4) is 0 Å². The van der Waals surface area contributed by atoms with Gasteiger partial charge in [0.2, 0.25) is 0 Å². The van der Waals surface area contributed by atoms with Gasteiger partial charge in [-0.2, -0.15) is 0 Å². The third-order valence-corrected chi connectivity index (χ3v) is 3.76. The fraction of sp³-hybridized carbons (Fsp3) is 0.250. The van der Waals surface area contributed by atoms with Crippen molar-refractivity contribution in [3.05, 3.63) is 58.6 Å². The molecule has 0 fully saturated rings. The zero-order chi connectivity index (χ0) is 14.6. The van der Waals surface area contributed by atoms with Crippen molar-refractivity contribution >= 4 is 21.6 Å². The van der Waals surface area contributed by atoms with Gasteiger partial charge in [0.15, 0.2) is 0 Å². The largest absolute Gasteiger partial charge is 0.497 e. The van der Waals surface area contributed by atoms with E-state index in [1.807, 2.05) is 55.5 Å². The summed E-state index contributed by atoms with van der Waals surface area (Å²) in [4.78, 5) is 0. The van der Waals surface area contributed by atoms with Crippen molar-refractivity contribution < 1.29 is 9.84 Å². The molecule has 2 N–H and O–H groups in total. The highest BCUT2D eigenvalue weighted by Gasteiger charge is 2.26. The van der Waals surface area contributed by atoms with Crippen LogP contribution in [0.25, 0.3) is 0 Å². The number of hydrogen-bond acceptors (Lipinski definition) is 3. The first-order chi connectivity index (χ1) is 9.57. The van der Waals surface area contributed by atoms with E-state index in [1.165, 1.54) is 0 Å². The van der Waals surface area contributed by atoms with Gasteiger partial charge in [-0.3, -0.25) is 0 Å². The normalized spacial score (nSPS) is 13.6. The van der Waals surface area contributed by atoms with Crippen LogP contribution in [0.5, 0.6) is 5.75 Å². The van der Waals surface area contributed by atoms with Gasteiger partial charge < -0.3 is 15.2 Å². The number of anilines is 1. The van der Waals surface area contributed by atoms with Crippen LogP contribution in [-0.2, 0) is 5.54 Å². The highest BCUT2D eigenvalue weighted by molar-refractivity contribution is 9.10. The van der Waals surface area contributed by atoms with Crippen LogP contribution in [0.15, 0.2) is 53.0 Å². The quantitative estimate of drug-likeness (QED) is 0.873. The Hall–Kier alpha value is -1.52. The third kappa shape index (κ3) is 3.32. The van der Waals surface area contributed by atoms with E-state index in [1.54, 1.807) is 7.11 Å². The third-order valence-electron chi connectivity index (χ3n) is 3.27. The van der Waals surface area contributed by atoms with Crippen LogP contribution in [0.1, 0.15) is 12.5 Å². The van der Waals surface area contributed by atoms with Crippen LogP contribution in [-0.4, -0.2) is 18.8 Å². The number of rotatable bonds is 5.